The van der Waals surface area contributed by atoms with Crippen LogP contribution in [-0.2, 0) is 11.2 Å². The Balaban J connectivity index is 1.24. The molecule has 1 aliphatic heterocycles. The molecule has 27 heavy (non-hydrogen) atoms. The van der Waals surface area contributed by atoms with Crippen molar-refractivity contribution in [1.29, 1.82) is 0 Å². The van der Waals surface area contributed by atoms with E-state index in [2.05, 4.69) is 12.7 Å². The predicted octanol–water partition coefficient (Wildman–Crippen LogP) is 7.28. The molecule has 1 aromatic rings. The molecule has 1 nitrogen and oxygen atoms in total. The van der Waals surface area contributed by atoms with E-state index >= 15 is 0 Å². The van der Waals surface area contributed by atoms with Crippen molar-refractivity contribution < 1.29 is 9.13 Å². The van der Waals surface area contributed by atoms with Crippen LogP contribution in [0.1, 0.15) is 75.0 Å². The summed E-state index contributed by atoms with van der Waals surface area (Å²) in [5.74, 6) is 3.15. The quantitative estimate of drug-likeness (QED) is 0.367. The first kappa shape index (κ1) is 19.5. The Morgan fingerprint density at radius 2 is 1.67 bits per heavy atom. The van der Waals surface area contributed by atoms with Gasteiger partial charge in [0.2, 0.25) is 0 Å². The van der Waals surface area contributed by atoms with Crippen LogP contribution in [-0.4, -0.2) is 6.61 Å². The first-order valence-corrected chi connectivity index (χ1v) is 11.2. The summed E-state index contributed by atoms with van der Waals surface area (Å²) in [6.07, 6.45) is 14.9. The van der Waals surface area contributed by atoms with Crippen LogP contribution in [0.4, 0.5) is 4.39 Å². The van der Waals surface area contributed by atoms with E-state index in [0.717, 1.165) is 47.6 Å². The molecule has 0 aromatic heterocycles. The number of rotatable bonds is 6. The molecule has 0 amide bonds. The van der Waals surface area contributed by atoms with Crippen molar-refractivity contribution in [2.45, 2.75) is 70.3 Å². The maximum Gasteiger partial charge on any atom is 0.145 e. The third-order valence-electron chi connectivity index (χ3n) is 7.40. The lowest BCUT2D eigenvalue weighted by Gasteiger charge is -2.37. The molecule has 0 N–H and O–H groups in total. The van der Waals surface area contributed by atoms with E-state index in [1.807, 2.05) is 12.1 Å². The highest BCUT2D eigenvalue weighted by Gasteiger charge is 2.31. The summed E-state index contributed by atoms with van der Waals surface area (Å²) in [6.45, 7) is 4.63. The normalized spacial score (nSPS) is 33.6. The van der Waals surface area contributed by atoms with Crippen LogP contribution < -0.4 is 0 Å². The lowest BCUT2D eigenvalue weighted by Crippen LogP contribution is -2.25. The van der Waals surface area contributed by atoms with Crippen LogP contribution >= 0.6 is 11.6 Å². The third kappa shape index (κ3) is 4.59. The van der Waals surface area contributed by atoms with E-state index in [9.17, 15) is 4.39 Å². The third-order valence-corrected chi connectivity index (χ3v) is 7.79. The largest absolute Gasteiger partial charge is 0.368 e. The van der Waals surface area contributed by atoms with Gasteiger partial charge in [-0.15, -0.1) is 6.58 Å². The van der Waals surface area contributed by atoms with Gasteiger partial charge < -0.3 is 4.74 Å². The van der Waals surface area contributed by atoms with Gasteiger partial charge in [-0.1, -0.05) is 42.7 Å². The number of epoxide rings is 1. The maximum atomic E-state index is 14.6. The molecule has 0 bridgehead atoms. The summed E-state index contributed by atoms with van der Waals surface area (Å²) >= 11 is 6.22. The zero-order valence-corrected chi connectivity index (χ0v) is 17.0. The lowest BCUT2D eigenvalue weighted by atomic mass is 9.68. The highest BCUT2D eigenvalue weighted by molar-refractivity contribution is 6.31. The van der Waals surface area contributed by atoms with Gasteiger partial charge in [-0.25, -0.2) is 4.39 Å². The summed E-state index contributed by atoms with van der Waals surface area (Å²) in [4.78, 5) is 0. The number of aryl methyl sites for hydroxylation is 1. The highest BCUT2D eigenvalue weighted by Crippen LogP contribution is 2.43. The van der Waals surface area contributed by atoms with Crippen molar-refractivity contribution in [3.05, 3.63) is 46.8 Å². The first-order chi connectivity index (χ1) is 13.2. The van der Waals surface area contributed by atoms with Gasteiger partial charge in [-0.05, 0) is 80.6 Å². The molecule has 0 spiro atoms. The second-order valence-electron chi connectivity index (χ2n) is 8.99. The standard InChI is InChI=1S/C24H32ClFO/c1-2-16-3-8-18(9-4-16)19-10-5-17(6-11-19)7-12-20-13-14-21(22-15-27-22)23(25)24(20)26/h2,13-14,16-19,22H,1,3-12,15H2. The predicted molar refractivity (Wildman–Crippen MR) is 110 cm³/mol. The smallest absolute Gasteiger partial charge is 0.145 e. The van der Waals surface area contributed by atoms with Crippen LogP contribution in [0.25, 0.3) is 0 Å². The van der Waals surface area contributed by atoms with Crippen molar-refractivity contribution in [2.24, 2.45) is 23.7 Å². The Morgan fingerprint density at radius 1 is 1.04 bits per heavy atom. The van der Waals surface area contributed by atoms with Gasteiger partial charge in [-0.2, -0.15) is 0 Å². The van der Waals surface area contributed by atoms with Gasteiger partial charge in [0, 0.05) is 5.56 Å². The Hall–Kier alpha value is -0.860. The Labute approximate surface area is 168 Å². The topological polar surface area (TPSA) is 12.5 Å². The molecule has 3 fully saturated rings. The maximum absolute atomic E-state index is 14.6. The average Bonchev–Trinajstić information content (AvgIpc) is 3.55. The van der Waals surface area contributed by atoms with Crippen LogP contribution in [0.15, 0.2) is 24.8 Å². The fourth-order valence-electron chi connectivity index (χ4n) is 5.43. The number of hydrogen-bond donors (Lipinski definition) is 0. The van der Waals surface area contributed by atoms with Gasteiger partial charge in [0.05, 0.1) is 11.6 Å². The summed E-state index contributed by atoms with van der Waals surface area (Å²) in [6, 6.07) is 3.87. The van der Waals surface area contributed by atoms with Gasteiger partial charge in [0.25, 0.3) is 0 Å². The van der Waals surface area contributed by atoms with E-state index in [-0.39, 0.29) is 16.9 Å². The second-order valence-corrected chi connectivity index (χ2v) is 9.37. The number of halogens is 2. The molecule has 1 saturated heterocycles. The molecule has 148 valence electrons. The molecule has 3 heteroatoms. The molecule has 4 rings (SSSR count). The molecule has 3 aliphatic rings. The van der Waals surface area contributed by atoms with Crippen LogP contribution in [0.5, 0.6) is 0 Å². The molecular formula is C24H32ClFO. The fourth-order valence-corrected chi connectivity index (χ4v) is 5.74. The zero-order valence-electron chi connectivity index (χ0n) is 16.3. The number of benzene rings is 1. The fraction of sp³-hybridized carbons (Fsp3) is 0.667. The SMILES string of the molecule is C=CC1CCC(C2CCC(CCc3ccc(C4CO4)c(Cl)c3F)CC2)CC1. The van der Waals surface area contributed by atoms with Gasteiger partial charge in [0.1, 0.15) is 11.9 Å². The van der Waals surface area contributed by atoms with Crippen molar-refractivity contribution in [2.75, 3.05) is 6.61 Å². The zero-order chi connectivity index (χ0) is 18.8. The minimum absolute atomic E-state index is 0.0119. The minimum Gasteiger partial charge on any atom is -0.368 e. The van der Waals surface area contributed by atoms with E-state index < -0.39 is 0 Å². The molecular weight excluding hydrogens is 359 g/mol. The van der Waals surface area contributed by atoms with Crippen LogP contribution in [0, 0.1) is 29.5 Å². The van der Waals surface area contributed by atoms with E-state index in [1.54, 1.807) is 0 Å². The highest BCUT2D eigenvalue weighted by atomic mass is 35.5. The minimum atomic E-state index is -0.225. The summed E-state index contributed by atoms with van der Waals surface area (Å²) in [5.41, 5.74) is 1.58. The summed E-state index contributed by atoms with van der Waals surface area (Å²) in [7, 11) is 0. The van der Waals surface area contributed by atoms with Gasteiger partial charge in [-0.3, -0.25) is 0 Å². The summed E-state index contributed by atoms with van der Waals surface area (Å²) < 4.78 is 19.8. The van der Waals surface area contributed by atoms with Crippen molar-refractivity contribution in [3.63, 3.8) is 0 Å². The number of allylic oxidation sites excluding steroid dienone is 1. The van der Waals surface area contributed by atoms with Gasteiger partial charge >= 0.3 is 0 Å². The second kappa shape index (κ2) is 8.66. The van der Waals surface area contributed by atoms with E-state index in [1.165, 1.54) is 51.4 Å². The van der Waals surface area contributed by atoms with Crippen molar-refractivity contribution in [3.8, 4) is 0 Å². The van der Waals surface area contributed by atoms with Crippen molar-refractivity contribution in [1.82, 2.24) is 0 Å². The van der Waals surface area contributed by atoms with E-state index in [0.29, 0.717) is 6.61 Å². The first-order valence-electron chi connectivity index (χ1n) is 10.9. The molecule has 0 radical (unpaired) electrons. The summed E-state index contributed by atoms with van der Waals surface area (Å²) in [5, 5.41) is 0.272. The number of hydrogen-bond acceptors (Lipinski definition) is 1. The van der Waals surface area contributed by atoms with E-state index in [4.69, 9.17) is 16.3 Å². The molecule has 1 unspecified atom stereocenters. The number of ether oxygens (including phenoxy) is 1. The lowest BCUT2D eigenvalue weighted by molar-refractivity contribution is 0.152. The monoisotopic (exact) mass is 390 g/mol. The molecule has 1 atom stereocenters. The Morgan fingerprint density at radius 3 is 2.26 bits per heavy atom. The Kier molecular flexibility index (Phi) is 6.24. The average molecular weight is 391 g/mol. The molecule has 2 saturated carbocycles. The van der Waals surface area contributed by atoms with Crippen LogP contribution in [0.2, 0.25) is 5.02 Å². The van der Waals surface area contributed by atoms with Crippen LogP contribution in [0.3, 0.4) is 0 Å². The molecule has 2 aliphatic carbocycles. The molecule has 1 aromatic carbocycles. The Bertz CT molecular complexity index is 653. The molecule has 1 heterocycles. The van der Waals surface area contributed by atoms with Crippen molar-refractivity contribution >= 4 is 11.6 Å². The van der Waals surface area contributed by atoms with Gasteiger partial charge in [0.15, 0.2) is 0 Å².